The van der Waals surface area contributed by atoms with Gasteiger partial charge in [-0.05, 0) is 31.4 Å². The van der Waals surface area contributed by atoms with E-state index < -0.39 is 5.41 Å². The fourth-order valence-corrected chi connectivity index (χ4v) is 2.58. The summed E-state index contributed by atoms with van der Waals surface area (Å²) in [6.07, 6.45) is 2.04. The monoisotopic (exact) mass is 279 g/mol. The van der Waals surface area contributed by atoms with Crippen LogP contribution in [0.5, 0.6) is 11.5 Å². The van der Waals surface area contributed by atoms with E-state index in [1.807, 2.05) is 31.2 Å². The van der Waals surface area contributed by atoms with E-state index in [9.17, 15) is 5.26 Å². The topological polar surface area (TPSA) is 42.2 Å². The lowest BCUT2D eigenvalue weighted by Crippen LogP contribution is -2.44. The predicted molar refractivity (Wildman–Crippen MR) is 74.6 cm³/mol. The lowest BCUT2D eigenvalue weighted by atomic mass is 9.77. The van der Waals surface area contributed by atoms with Crippen molar-refractivity contribution >= 4 is 11.6 Å². The first kappa shape index (κ1) is 14.0. The molecule has 0 N–H and O–H groups in total. The molecule has 0 bridgehead atoms. The van der Waals surface area contributed by atoms with Crippen LogP contribution in [0.25, 0.3) is 0 Å². The number of fused-ring (bicyclic) bond motifs is 1. The SMILES string of the molecule is CCC(C#N)(CCCCl)C1COc2ccccc2O1. The van der Waals surface area contributed by atoms with Crippen LogP contribution in [-0.2, 0) is 0 Å². The van der Waals surface area contributed by atoms with Crippen molar-refractivity contribution < 1.29 is 9.47 Å². The molecule has 19 heavy (non-hydrogen) atoms. The van der Waals surface area contributed by atoms with Crippen molar-refractivity contribution in [1.29, 1.82) is 5.26 Å². The van der Waals surface area contributed by atoms with E-state index in [0.29, 0.717) is 12.5 Å². The molecule has 0 spiro atoms. The van der Waals surface area contributed by atoms with E-state index in [0.717, 1.165) is 30.8 Å². The molecule has 0 aromatic heterocycles. The highest BCUT2D eigenvalue weighted by atomic mass is 35.5. The molecule has 1 heterocycles. The average Bonchev–Trinajstić information content (AvgIpc) is 2.49. The average molecular weight is 280 g/mol. The normalized spacial score (nSPS) is 20.4. The predicted octanol–water partition coefficient (Wildman–Crippen LogP) is 3.77. The first-order valence-corrected chi connectivity index (χ1v) is 7.15. The summed E-state index contributed by atoms with van der Waals surface area (Å²) in [4.78, 5) is 0. The Kier molecular flexibility index (Phi) is 4.55. The molecule has 2 unspecified atom stereocenters. The highest BCUT2D eigenvalue weighted by Crippen LogP contribution is 2.40. The van der Waals surface area contributed by atoms with E-state index in [4.69, 9.17) is 21.1 Å². The molecule has 2 rings (SSSR count). The standard InChI is InChI=1S/C15H18ClNO2/c1-2-15(11-17,8-5-9-16)14-10-18-12-6-3-4-7-13(12)19-14/h3-4,6-7,14H,2,5,8-10H2,1H3. The Labute approximate surface area is 119 Å². The third-order valence-corrected chi connectivity index (χ3v) is 4.00. The number of benzene rings is 1. The largest absolute Gasteiger partial charge is 0.486 e. The highest BCUT2D eigenvalue weighted by molar-refractivity contribution is 6.17. The van der Waals surface area contributed by atoms with Crippen LogP contribution in [-0.4, -0.2) is 18.6 Å². The molecule has 0 amide bonds. The van der Waals surface area contributed by atoms with Crippen LogP contribution < -0.4 is 9.47 Å². The molecule has 4 heteroatoms. The molecule has 0 saturated heterocycles. The number of rotatable bonds is 5. The Morgan fingerprint density at radius 1 is 1.42 bits per heavy atom. The van der Waals surface area contributed by atoms with Gasteiger partial charge in [0.15, 0.2) is 17.6 Å². The zero-order valence-corrected chi connectivity index (χ0v) is 11.8. The molecule has 3 nitrogen and oxygen atoms in total. The maximum atomic E-state index is 9.57. The fourth-order valence-electron chi connectivity index (χ4n) is 2.45. The molecule has 0 aliphatic carbocycles. The number of nitrogens with zero attached hydrogens (tertiary/aromatic N) is 1. The lowest BCUT2D eigenvalue weighted by molar-refractivity contribution is 0.0105. The maximum absolute atomic E-state index is 9.57. The van der Waals surface area contributed by atoms with Crippen molar-refractivity contribution in [3.8, 4) is 17.6 Å². The summed E-state index contributed by atoms with van der Waals surface area (Å²) in [5, 5.41) is 9.57. The Morgan fingerprint density at radius 2 is 2.16 bits per heavy atom. The zero-order valence-electron chi connectivity index (χ0n) is 11.1. The summed E-state index contributed by atoms with van der Waals surface area (Å²) in [6, 6.07) is 10.0. The van der Waals surface area contributed by atoms with Gasteiger partial charge in [-0.1, -0.05) is 19.1 Å². The Hall–Kier alpha value is -1.40. The van der Waals surface area contributed by atoms with E-state index in [1.54, 1.807) is 0 Å². The third-order valence-electron chi connectivity index (χ3n) is 3.74. The van der Waals surface area contributed by atoms with Gasteiger partial charge in [-0.15, -0.1) is 11.6 Å². The minimum atomic E-state index is -0.525. The summed E-state index contributed by atoms with van der Waals surface area (Å²) in [5.41, 5.74) is -0.525. The van der Waals surface area contributed by atoms with Crippen molar-refractivity contribution in [3.05, 3.63) is 24.3 Å². The van der Waals surface area contributed by atoms with Gasteiger partial charge < -0.3 is 9.47 Å². The van der Waals surface area contributed by atoms with Gasteiger partial charge in [0.25, 0.3) is 0 Å². The minimum Gasteiger partial charge on any atom is -0.486 e. The second-order valence-electron chi connectivity index (χ2n) is 4.78. The molecule has 0 saturated carbocycles. The van der Waals surface area contributed by atoms with Gasteiger partial charge in [-0.3, -0.25) is 0 Å². The van der Waals surface area contributed by atoms with Gasteiger partial charge in [0.2, 0.25) is 0 Å². The number of para-hydroxylation sites is 2. The molecule has 1 aliphatic rings. The molecule has 1 aliphatic heterocycles. The number of hydrogen-bond acceptors (Lipinski definition) is 3. The van der Waals surface area contributed by atoms with Gasteiger partial charge in [0, 0.05) is 5.88 Å². The van der Waals surface area contributed by atoms with Crippen LogP contribution in [0.2, 0.25) is 0 Å². The van der Waals surface area contributed by atoms with E-state index in [2.05, 4.69) is 6.07 Å². The van der Waals surface area contributed by atoms with Crippen LogP contribution in [0.3, 0.4) is 0 Å². The van der Waals surface area contributed by atoms with E-state index in [-0.39, 0.29) is 6.10 Å². The number of ether oxygens (including phenoxy) is 2. The number of hydrogen-bond donors (Lipinski definition) is 0. The number of halogens is 1. The Morgan fingerprint density at radius 3 is 2.79 bits per heavy atom. The highest BCUT2D eigenvalue weighted by Gasteiger charge is 2.41. The zero-order chi connectivity index (χ0) is 13.7. The van der Waals surface area contributed by atoms with Crippen LogP contribution in [0.1, 0.15) is 26.2 Å². The second-order valence-corrected chi connectivity index (χ2v) is 5.16. The van der Waals surface area contributed by atoms with Crippen LogP contribution >= 0.6 is 11.6 Å². The summed E-state index contributed by atoms with van der Waals surface area (Å²) in [7, 11) is 0. The number of alkyl halides is 1. The summed E-state index contributed by atoms with van der Waals surface area (Å²) in [6.45, 7) is 2.43. The van der Waals surface area contributed by atoms with Crippen molar-refractivity contribution in [2.45, 2.75) is 32.3 Å². The van der Waals surface area contributed by atoms with Crippen LogP contribution in [0.4, 0.5) is 0 Å². The number of nitriles is 1. The molecule has 1 aromatic carbocycles. The smallest absolute Gasteiger partial charge is 0.161 e. The van der Waals surface area contributed by atoms with E-state index in [1.165, 1.54) is 0 Å². The van der Waals surface area contributed by atoms with Gasteiger partial charge >= 0.3 is 0 Å². The van der Waals surface area contributed by atoms with Gasteiger partial charge in [-0.25, -0.2) is 0 Å². The Balaban J connectivity index is 2.19. The van der Waals surface area contributed by atoms with Crippen LogP contribution in [0, 0.1) is 16.7 Å². The van der Waals surface area contributed by atoms with Crippen molar-refractivity contribution in [2.24, 2.45) is 5.41 Å². The maximum Gasteiger partial charge on any atom is 0.161 e. The van der Waals surface area contributed by atoms with Crippen molar-refractivity contribution in [3.63, 3.8) is 0 Å². The summed E-state index contributed by atoms with van der Waals surface area (Å²) in [5.74, 6) is 2.03. The van der Waals surface area contributed by atoms with Gasteiger partial charge in [-0.2, -0.15) is 5.26 Å². The summed E-state index contributed by atoms with van der Waals surface area (Å²) < 4.78 is 11.7. The molecule has 1 aromatic rings. The molecule has 0 radical (unpaired) electrons. The van der Waals surface area contributed by atoms with Crippen molar-refractivity contribution in [2.75, 3.05) is 12.5 Å². The fraction of sp³-hybridized carbons (Fsp3) is 0.533. The molecule has 0 fully saturated rings. The molecular formula is C15H18ClNO2. The van der Waals surface area contributed by atoms with Crippen molar-refractivity contribution in [1.82, 2.24) is 0 Å². The first-order chi connectivity index (χ1) is 9.25. The third kappa shape index (κ3) is 2.79. The second kappa shape index (κ2) is 6.16. The van der Waals surface area contributed by atoms with Gasteiger partial charge in [0.05, 0.1) is 11.5 Å². The molecule has 102 valence electrons. The van der Waals surface area contributed by atoms with Gasteiger partial charge in [0.1, 0.15) is 6.61 Å². The minimum absolute atomic E-state index is 0.236. The summed E-state index contributed by atoms with van der Waals surface area (Å²) >= 11 is 5.76. The lowest BCUT2D eigenvalue weighted by Gasteiger charge is -2.37. The molecule has 2 atom stereocenters. The molecular weight excluding hydrogens is 262 g/mol. The van der Waals surface area contributed by atoms with E-state index >= 15 is 0 Å². The quantitative estimate of drug-likeness (QED) is 0.771. The first-order valence-electron chi connectivity index (χ1n) is 6.61. The van der Waals surface area contributed by atoms with Crippen LogP contribution in [0.15, 0.2) is 24.3 Å². The Bertz CT molecular complexity index is 471.